The summed E-state index contributed by atoms with van der Waals surface area (Å²) in [6.45, 7) is 1.37. The van der Waals surface area contributed by atoms with Crippen molar-refractivity contribution in [2.45, 2.75) is 45.1 Å². The highest BCUT2D eigenvalue weighted by molar-refractivity contribution is 5.94. The number of rotatable bonds is 4. The third-order valence-electron chi connectivity index (χ3n) is 3.94. The highest BCUT2D eigenvalue weighted by atomic mass is 19.2. The van der Waals surface area contributed by atoms with Crippen LogP contribution in [-0.2, 0) is 9.59 Å². The lowest BCUT2D eigenvalue weighted by Crippen LogP contribution is -2.44. The van der Waals surface area contributed by atoms with Crippen molar-refractivity contribution in [2.24, 2.45) is 0 Å². The van der Waals surface area contributed by atoms with E-state index < -0.39 is 17.5 Å². The Kier molecular flexibility index (Phi) is 5.46. The number of carbonyl (C=O) groups is 2. The van der Waals surface area contributed by atoms with Gasteiger partial charge in [-0.3, -0.25) is 9.59 Å². The standard InChI is InChI=1S/C16H20F2N2O2/c1-11(21)20(13-5-3-2-4-6-13)10-16(22)19-12-7-8-14(17)15(18)9-12/h7-9,13H,2-6,10H2,1H3,(H,19,22). The lowest BCUT2D eigenvalue weighted by molar-refractivity contribution is -0.135. The van der Waals surface area contributed by atoms with Gasteiger partial charge < -0.3 is 10.2 Å². The molecule has 0 heterocycles. The van der Waals surface area contributed by atoms with Crippen molar-refractivity contribution >= 4 is 17.5 Å². The van der Waals surface area contributed by atoms with Crippen LogP contribution in [0.4, 0.5) is 14.5 Å². The second-order valence-corrected chi connectivity index (χ2v) is 5.62. The summed E-state index contributed by atoms with van der Waals surface area (Å²) < 4.78 is 26.0. The average molecular weight is 310 g/mol. The number of nitrogens with one attached hydrogen (secondary N) is 1. The molecular formula is C16H20F2N2O2. The average Bonchev–Trinajstić information content (AvgIpc) is 2.49. The van der Waals surface area contributed by atoms with E-state index in [4.69, 9.17) is 0 Å². The first-order valence-electron chi connectivity index (χ1n) is 7.49. The van der Waals surface area contributed by atoms with Crippen LogP contribution in [0.2, 0.25) is 0 Å². The van der Waals surface area contributed by atoms with Gasteiger partial charge in [-0.05, 0) is 25.0 Å². The molecule has 0 spiro atoms. The van der Waals surface area contributed by atoms with E-state index in [9.17, 15) is 18.4 Å². The summed E-state index contributed by atoms with van der Waals surface area (Å²) in [5.41, 5.74) is 0.177. The van der Waals surface area contributed by atoms with Crippen molar-refractivity contribution in [3.8, 4) is 0 Å². The van der Waals surface area contributed by atoms with Gasteiger partial charge in [0.05, 0.1) is 0 Å². The zero-order valence-electron chi connectivity index (χ0n) is 12.6. The highest BCUT2D eigenvalue weighted by Crippen LogP contribution is 2.22. The zero-order valence-corrected chi connectivity index (χ0v) is 12.6. The monoisotopic (exact) mass is 310 g/mol. The Bertz CT molecular complexity index is 557. The number of benzene rings is 1. The number of hydrogen-bond donors (Lipinski definition) is 1. The fourth-order valence-electron chi connectivity index (χ4n) is 2.82. The summed E-state index contributed by atoms with van der Waals surface area (Å²) in [6, 6.07) is 3.25. The van der Waals surface area contributed by atoms with Crippen LogP contribution in [0.1, 0.15) is 39.0 Å². The van der Waals surface area contributed by atoms with Crippen molar-refractivity contribution in [3.63, 3.8) is 0 Å². The predicted octanol–water partition coefficient (Wildman–Crippen LogP) is 3.08. The van der Waals surface area contributed by atoms with Crippen LogP contribution in [0.15, 0.2) is 18.2 Å². The van der Waals surface area contributed by atoms with Gasteiger partial charge in [-0.15, -0.1) is 0 Å². The molecule has 2 amide bonds. The summed E-state index contributed by atoms with van der Waals surface area (Å²) in [5, 5.41) is 2.49. The molecule has 1 aliphatic carbocycles. The van der Waals surface area contributed by atoms with E-state index in [2.05, 4.69) is 5.32 Å². The molecule has 1 fully saturated rings. The number of halogens is 2. The maximum Gasteiger partial charge on any atom is 0.244 e. The summed E-state index contributed by atoms with van der Waals surface area (Å²) >= 11 is 0. The largest absolute Gasteiger partial charge is 0.331 e. The van der Waals surface area contributed by atoms with Gasteiger partial charge in [0.1, 0.15) is 6.54 Å². The summed E-state index contributed by atoms with van der Waals surface area (Å²) in [7, 11) is 0. The highest BCUT2D eigenvalue weighted by Gasteiger charge is 2.25. The quantitative estimate of drug-likeness (QED) is 0.929. The van der Waals surface area contributed by atoms with E-state index in [1.807, 2.05) is 0 Å². The molecule has 0 bridgehead atoms. The molecule has 0 unspecified atom stereocenters. The molecule has 0 saturated heterocycles. The van der Waals surface area contributed by atoms with Crippen molar-refractivity contribution in [1.29, 1.82) is 0 Å². The number of amides is 2. The van der Waals surface area contributed by atoms with Gasteiger partial charge in [0.2, 0.25) is 11.8 Å². The maximum absolute atomic E-state index is 13.1. The Hall–Kier alpha value is -1.98. The Balaban J connectivity index is 1.98. The van der Waals surface area contributed by atoms with Gasteiger partial charge in [-0.2, -0.15) is 0 Å². The molecule has 0 atom stereocenters. The van der Waals surface area contributed by atoms with Crippen LogP contribution >= 0.6 is 0 Å². The SMILES string of the molecule is CC(=O)N(CC(=O)Nc1ccc(F)c(F)c1)C1CCCCC1. The Morgan fingerprint density at radius 3 is 2.45 bits per heavy atom. The molecule has 1 aromatic carbocycles. The number of anilines is 1. The predicted molar refractivity (Wildman–Crippen MR) is 79.2 cm³/mol. The molecule has 0 aromatic heterocycles. The van der Waals surface area contributed by atoms with Crippen molar-refractivity contribution in [2.75, 3.05) is 11.9 Å². The van der Waals surface area contributed by atoms with Crippen LogP contribution in [0.25, 0.3) is 0 Å². The fraction of sp³-hybridized carbons (Fsp3) is 0.500. The summed E-state index contributed by atoms with van der Waals surface area (Å²) in [4.78, 5) is 25.4. The smallest absolute Gasteiger partial charge is 0.244 e. The fourth-order valence-corrected chi connectivity index (χ4v) is 2.82. The van der Waals surface area contributed by atoms with E-state index in [1.54, 1.807) is 4.90 Å². The summed E-state index contributed by atoms with van der Waals surface area (Å²) in [5.74, 6) is -2.54. The van der Waals surface area contributed by atoms with E-state index in [0.717, 1.165) is 44.2 Å². The molecule has 4 nitrogen and oxygen atoms in total. The maximum atomic E-state index is 13.1. The van der Waals surface area contributed by atoms with Gasteiger partial charge in [-0.25, -0.2) is 8.78 Å². The topological polar surface area (TPSA) is 49.4 Å². The first-order chi connectivity index (χ1) is 10.5. The molecule has 22 heavy (non-hydrogen) atoms. The molecule has 1 saturated carbocycles. The molecule has 0 radical (unpaired) electrons. The zero-order chi connectivity index (χ0) is 16.1. The Morgan fingerprint density at radius 1 is 1.18 bits per heavy atom. The number of hydrogen-bond acceptors (Lipinski definition) is 2. The minimum Gasteiger partial charge on any atom is -0.331 e. The molecule has 120 valence electrons. The first-order valence-corrected chi connectivity index (χ1v) is 7.49. The van der Waals surface area contributed by atoms with Gasteiger partial charge in [0.15, 0.2) is 11.6 Å². The molecule has 0 aliphatic heterocycles. The molecule has 1 aliphatic rings. The molecule has 6 heteroatoms. The van der Waals surface area contributed by atoms with Gasteiger partial charge in [0.25, 0.3) is 0 Å². The third kappa shape index (κ3) is 4.26. The lowest BCUT2D eigenvalue weighted by atomic mass is 9.94. The van der Waals surface area contributed by atoms with Crippen molar-refractivity contribution in [1.82, 2.24) is 4.90 Å². The first kappa shape index (κ1) is 16.4. The molecule has 1 N–H and O–H groups in total. The van der Waals surface area contributed by atoms with Gasteiger partial charge in [0, 0.05) is 24.7 Å². The Morgan fingerprint density at radius 2 is 1.86 bits per heavy atom. The van der Waals surface area contributed by atoms with E-state index in [-0.39, 0.29) is 24.2 Å². The van der Waals surface area contributed by atoms with Crippen molar-refractivity contribution in [3.05, 3.63) is 29.8 Å². The van der Waals surface area contributed by atoms with Gasteiger partial charge >= 0.3 is 0 Å². The molecular weight excluding hydrogens is 290 g/mol. The van der Waals surface area contributed by atoms with E-state index in [0.29, 0.717) is 0 Å². The minimum absolute atomic E-state index is 0.0704. The van der Waals surface area contributed by atoms with Crippen LogP contribution in [-0.4, -0.2) is 29.3 Å². The van der Waals surface area contributed by atoms with E-state index >= 15 is 0 Å². The van der Waals surface area contributed by atoms with Crippen LogP contribution in [0.5, 0.6) is 0 Å². The number of carbonyl (C=O) groups excluding carboxylic acids is 2. The summed E-state index contributed by atoms with van der Waals surface area (Å²) in [6.07, 6.45) is 5.07. The molecule has 2 rings (SSSR count). The van der Waals surface area contributed by atoms with Crippen LogP contribution in [0.3, 0.4) is 0 Å². The van der Waals surface area contributed by atoms with E-state index in [1.165, 1.54) is 13.0 Å². The second kappa shape index (κ2) is 7.33. The molecule has 1 aromatic rings. The number of nitrogens with zero attached hydrogens (tertiary/aromatic N) is 1. The van der Waals surface area contributed by atoms with Gasteiger partial charge in [-0.1, -0.05) is 19.3 Å². The normalized spacial score (nSPS) is 15.4. The Labute approximate surface area is 128 Å². The minimum atomic E-state index is -1.02. The van der Waals surface area contributed by atoms with Crippen LogP contribution < -0.4 is 5.32 Å². The lowest BCUT2D eigenvalue weighted by Gasteiger charge is -2.33. The second-order valence-electron chi connectivity index (χ2n) is 5.62. The van der Waals surface area contributed by atoms with Crippen molar-refractivity contribution < 1.29 is 18.4 Å². The van der Waals surface area contributed by atoms with Crippen LogP contribution in [0, 0.1) is 11.6 Å². The third-order valence-corrected chi connectivity index (χ3v) is 3.94.